The van der Waals surface area contributed by atoms with Crippen LogP contribution in [0.15, 0.2) is 0 Å². The highest BCUT2D eigenvalue weighted by molar-refractivity contribution is 7.11. The molecule has 1 saturated carbocycles. The molecular formula is C13H23N3S. The molecule has 1 atom stereocenters. The average Bonchev–Trinajstić information content (AvgIpc) is 3.06. The van der Waals surface area contributed by atoms with Gasteiger partial charge in [-0.15, -0.1) is 11.3 Å². The molecule has 0 saturated heterocycles. The summed E-state index contributed by atoms with van der Waals surface area (Å²) in [7, 11) is 2.24. The van der Waals surface area contributed by atoms with Crippen molar-refractivity contribution in [2.45, 2.75) is 52.2 Å². The van der Waals surface area contributed by atoms with Crippen molar-refractivity contribution in [2.24, 2.45) is 0 Å². The highest BCUT2D eigenvalue weighted by Gasteiger charge is 2.28. The molecule has 0 aromatic carbocycles. The second-order valence-corrected chi connectivity index (χ2v) is 6.41. The minimum absolute atomic E-state index is 0.615. The van der Waals surface area contributed by atoms with Crippen LogP contribution < -0.4 is 5.32 Å². The van der Waals surface area contributed by atoms with E-state index >= 15 is 0 Å². The van der Waals surface area contributed by atoms with Gasteiger partial charge in [0.15, 0.2) is 0 Å². The van der Waals surface area contributed by atoms with Gasteiger partial charge in [-0.2, -0.15) is 0 Å². The zero-order valence-electron chi connectivity index (χ0n) is 11.3. The van der Waals surface area contributed by atoms with Crippen molar-refractivity contribution in [1.29, 1.82) is 0 Å². The Labute approximate surface area is 108 Å². The van der Waals surface area contributed by atoms with Crippen LogP contribution in [0.2, 0.25) is 0 Å². The first-order valence-electron chi connectivity index (χ1n) is 6.43. The van der Waals surface area contributed by atoms with Crippen LogP contribution in [0.4, 0.5) is 0 Å². The van der Waals surface area contributed by atoms with E-state index in [9.17, 15) is 0 Å². The third-order valence-corrected chi connectivity index (χ3v) is 4.68. The molecule has 1 aliphatic carbocycles. The molecule has 1 aromatic heterocycles. The van der Waals surface area contributed by atoms with E-state index in [4.69, 9.17) is 0 Å². The fraction of sp³-hybridized carbons (Fsp3) is 0.769. The Morgan fingerprint density at radius 3 is 2.71 bits per heavy atom. The summed E-state index contributed by atoms with van der Waals surface area (Å²) in [6.07, 6.45) is 2.76. The molecule has 0 amide bonds. The molecule has 0 bridgehead atoms. The maximum absolute atomic E-state index is 4.54. The van der Waals surface area contributed by atoms with Gasteiger partial charge < -0.3 is 5.32 Å². The van der Waals surface area contributed by atoms with Crippen molar-refractivity contribution >= 4 is 11.3 Å². The van der Waals surface area contributed by atoms with Gasteiger partial charge in [0.1, 0.15) is 5.01 Å². The predicted octanol–water partition coefficient (Wildman–Crippen LogP) is 2.33. The second-order valence-electron chi connectivity index (χ2n) is 5.13. The van der Waals surface area contributed by atoms with E-state index in [1.54, 1.807) is 11.3 Å². The van der Waals surface area contributed by atoms with Crippen molar-refractivity contribution in [3.05, 3.63) is 15.6 Å². The minimum Gasteiger partial charge on any atom is -0.309 e. The third-order valence-electron chi connectivity index (χ3n) is 3.61. The number of nitrogens with zero attached hydrogens (tertiary/aromatic N) is 2. The standard InChI is InChI=1S/C13H23N3S/c1-9(16(4)12-5-6-12)7-14-8-13-15-10(2)11(3)17-13/h9,12,14H,5-8H2,1-4H3. The maximum Gasteiger partial charge on any atom is 0.107 e. The van der Waals surface area contributed by atoms with Crippen LogP contribution in [-0.4, -0.2) is 35.6 Å². The quantitative estimate of drug-likeness (QED) is 0.843. The lowest BCUT2D eigenvalue weighted by Crippen LogP contribution is -2.38. The van der Waals surface area contributed by atoms with E-state index in [0.29, 0.717) is 6.04 Å². The van der Waals surface area contributed by atoms with Crippen LogP contribution in [-0.2, 0) is 6.54 Å². The summed E-state index contributed by atoms with van der Waals surface area (Å²) >= 11 is 1.81. The molecule has 0 radical (unpaired) electrons. The van der Waals surface area contributed by atoms with E-state index in [0.717, 1.165) is 19.1 Å². The number of aryl methyl sites for hydroxylation is 2. The molecule has 1 heterocycles. The Morgan fingerprint density at radius 1 is 1.47 bits per heavy atom. The van der Waals surface area contributed by atoms with Gasteiger partial charge in [0.05, 0.1) is 5.69 Å². The van der Waals surface area contributed by atoms with Crippen LogP contribution >= 0.6 is 11.3 Å². The lowest BCUT2D eigenvalue weighted by atomic mass is 10.3. The number of hydrogen-bond donors (Lipinski definition) is 1. The number of rotatable bonds is 6. The molecular weight excluding hydrogens is 230 g/mol. The van der Waals surface area contributed by atoms with E-state index < -0.39 is 0 Å². The van der Waals surface area contributed by atoms with Gasteiger partial charge in [-0.1, -0.05) is 0 Å². The SMILES string of the molecule is Cc1nc(CNCC(C)N(C)C2CC2)sc1C. The largest absolute Gasteiger partial charge is 0.309 e. The van der Waals surface area contributed by atoms with E-state index in [1.807, 2.05) is 0 Å². The number of hydrogen-bond acceptors (Lipinski definition) is 4. The van der Waals surface area contributed by atoms with Crippen LogP contribution in [0.1, 0.15) is 35.3 Å². The molecule has 0 aliphatic heterocycles. The Kier molecular flexibility index (Phi) is 4.17. The highest BCUT2D eigenvalue weighted by Crippen LogP contribution is 2.26. The second kappa shape index (κ2) is 5.46. The third kappa shape index (κ3) is 3.50. The molecule has 4 heteroatoms. The van der Waals surface area contributed by atoms with Gasteiger partial charge in [0, 0.05) is 30.1 Å². The van der Waals surface area contributed by atoms with Crippen molar-refractivity contribution in [3.8, 4) is 0 Å². The van der Waals surface area contributed by atoms with Crippen molar-refractivity contribution in [3.63, 3.8) is 0 Å². The zero-order valence-corrected chi connectivity index (χ0v) is 12.1. The first-order valence-corrected chi connectivity index (χ1v) is 7.25. The number of nitrogens with one attached hydrogen (secondary N) is 1. The Balaban J connectivity index is 1.71. The smallest absolute Gasteiger partial charge is 0.107 e. The summed E-state index contributed by atoms with van der Waals surface area (Å²) in [6, 6.07) is 1.46. The summed E-state index contributed by atoms with van der Waals surface area (Å²) in [6.45, 7) is 8.47. The summed E-state index contributed by atoms with van der Waals surface area (Å²) in [5, 5.41) is 4.72. The molecule has 3 nitrogen and oxygen atoms in total. The molecule has 96 valence electrons. The molecule has 1 aromatic rings. The van der Waals surface area contributed by atoms with E-state index in [1.165, 1.54) is 28.4 Å². The molecule has 17 heavy (non-hydrogen) atoms. The number of thiazole rings is 1. The molecule has 2 rings (SSSR count). The molecule has 0 spiro atoms. The topological polar surface area (TPSA) is 28.2 Å². The Bertz CT molecular complexity index is 351. The van der Waals surface area contributed by atoms with Crippen molar-refractivity contribution < 1.29 is 0 Å². The Morgan fingerprint density at radius 2 is 2.18 bits per heavy atom. The van der Waals surface area contributed by atoms with Crippen LogP contribution in [0.3, 0.4) is 0 Å². The number of aromatic nitrogens is 1. The monoisotopic (exact) mass is 253 g/mol. The van der Waals surface area contributed by atoms with Gasteiger partial charge >= 0.3 is 0 Å². The van der Waals surface area contributed by atoms with Gasteiger partial charge in [0.2, 0.25) is 0 Å². The normalized spacial score (nSPS) is 17.7. The van der Waals surface area contributed by atoms with Crippen LogP contribution in [0.25, 0.3) is 0 Å². The minimum atomic E-state index is 0.615. The van der Waals surface area contributed by atoms with E-state index in [-0.39, 0.29) is 0 Å². The lowest BCUT2D eigenvalue weighted by molar-refractivity contribution is 0.241. The van der Waals surface area contributed by atoms with Crippen LogP contribution in [0, 0.1) is 13.8 Å². The first-order chi connectivity index (χ1) is 8.08. The molecule has 1 fully saturated rings. The van der Waals surface area contributed by atoms with Gasteiger partial charge in [-0.3, -0.25) is 4.90 Å². The zero-order chi connectivity index (χ0) is 12.4. The van der Waals surface area contributed by atoms with Crippen molar-refractivity contribution in [2.75, 3.05) is 13.6 Å². The summed E-state index contributed by atoms with van der Waals surface area (Å²) in [5.74, 6) is 0. The summed E-state index contributed by atoms with van der Waals surface area (Å²) in [4.78, 5) is 8.37. The van der Waals surface area contributed by atoms with Gasteiger partial charge in [-0.25, -0.2) is 4.98 Å². The summed E-state index contributed by atoms with van der Waals surface area (Å²) in [5.41, 5.74) is 1.18. The number of likely N-dealkylation sites (N-methyl/N-ethyl adjacent to an activating group) is 1. The lowest BCUT2D eigenvalue weighted by Gasteiger charge is -2.24. The fourth-order valence-electron chi connectivity index (χ4n) is 1.99. The van der Waals surface area contributed by atoms with E-state index in [2.05, 4.69) is 43.0 Å². The molecule has 1 N–H and O–H groups in total. The average molecular weight is 253 g/mol. The highest BCUT2D eigenvalue weighted by atomic mass is 32.1. The Hall–Kier alpha value is -0.450. The fourth-order valence-corrected chi connectivity index (χ4v) is 2.89. The van der Waals surface area contributed by atoms with Crippen molar-refractivity contribution in [1.82, 2.24) is 15.2 Å². The first kappa shape index (κ1) is 13.0. The maximum atomic E-state index is 4.54. The van der Waals surface area contributed by atoms with Gasteiger partial charge in [0.25, 0.3) is 0 Å². The van der Waals surface area contributed by atoms with Gasteiger partial charge in [-0.05, 0) is 40.7 Å². The molecule has 1 unspecified atom stereocenters. The predicted molar refractivity (Wildman–Crippen MR) is 73.5 cm³/mol. The van der Waals surface area contributed by atoms with Crippen LogP contribution in [0.5, 0.6) is 0 Å². The summed E-state index contributed by atoms with van der Waals surface area (Å²) < 4.78 is 0. The molecule has 1 aliphatic rings.